The summed E-state index contributed by atoms with van der Waals surface area (Å²) in [5.41, 5.74) is 7.29. The van der Waals surface area contributed by atoms with E-state index in [9.17, 15) is 8.94 Å². The molecule has 0 amide bonds. The van der Waals surface area contributed by atoms with Gasteiger partial charge in [-0.25, -0.2) is 9.37 Å². The Hall–Kier alpha value is -2.48. The molecule has 0 aliphatic rings. The molecular formula is C20H21FN4OS. The number of halogens is 1. The van der Waals surface area contributed by atoms with E-state index in [2.05, 4.69) is 14.7 Å². The molecule has 0 radical (unpaired) electrons. The van der Waals surface area contributed by atoms with Gasteiger partial charge in [0.05, 0.1) is 35.0 Å². The third kappa shape index (κ3) is 4.63. The standard InChI is InChI=1S/C20H21FN4OS/c1-20(2,3)25-27(26)18-7-5-4-6-14(18)13-8-9-15(16(21)10-13)17-11-24-19(22)12-23-17/h4-12,25H,1-3H3,(H2,22,24). The number of nitrogens with two attached hydrogens (primary N) is 1. The number of hydrogen-bond acceptors (Lipinski definition) is 5. The molecule has 0 spiro atoms. The van der Waals surface area contributed by atoms with Gasteiger partial charge in [-0.05, 0) is 50.6 Å². The van der Waals surface area contributed by atoms with Crippen LogP contribution in [0.1, 0.15) is 20.8 Å². The third-order valence-electron chi connectivity index (χ3n) is 3.71. The Bertz CT molecular complexity index is 941. The lowest BCUT2D eigenvalue weighted by molar-refractivity contribution is 0.491. The molecule has 0 bridgehead atoms. The smallest absolute Gasteiger partial charge is 0.181 e. The topological polar surface area (TPSA) is 86.9 Å². The second kappa shape index (κ2) is 7.64. The van der Waals surface area contributed by atoms with Crippen molar-refractivity contribution in [1.29, 1.82) is 0 Å². The molecule has 140 valence electrons. The van der Waals surface area contributed by atoms with E-state index in [1.54, 1.807) is 18.2 Å². The quantitative estimate of drug-likeness (QED) is 0.665. The minimum atomic E-state index is -1.42. The van der Waals surface area contributed by atoms with Crippen LogP contribution >= 0.6 is 0 Å². The number of benzene rings is 2. The van der Waals surface area contributed by atoms with Crippen LogP contribution in [0, 0.1) is 5.82 Å². The van der Waals surface area contributed by atoms with Crippen molar-refractivity contribution in [2.45, 2.75) is 31.2 Å². The molecule has 0 saturated carbocycles. The van der Waals surface area contributed by atoms with Crippen molar-refractivity contribution in [3.05, 3.63) is 60.7 Å². The second-order valence-corrected chi connectivity index (χ2v) is 8.32. The summed E-state index contributed by atoms with van der Waals surface area (Å²) in [4.78, 5) is 8.66. The van der Waals surface area contributed by atoms with E-state index in [4.69, 9.17) is 5.73 Å². The Labute approximate surface area is 161 Å². The second-order valence-electron chi connectivity index (χ2n) is 7.14. The van der Waals surface area contributed by atoms with E-state index < -0.39 is 17.2 Å². The summed E-state index contributed by atoms with van der Waals surface area (Å²) in [5.74, 6) is -0.158. The molecule has 7 heteroatoms. The predicted molar refractivity (Wildman–Crippen MR) is 107 cm³/mol. The Morgan fingerprint density at radius 3 is 2.41 bits per heavy atom. The Kier molecular flexibility index (Phi) is 5.46. The van der Waals surface area contributed by atoms with Gasteiger partial charge >= 0.3 is 0 Å². The van der Waals surface area contributed by atoms with E-state index in [0.29, 0.717) is 27.3 Å². The monoisotopic (exact) mass is 384 g/mol. The van der Waals surface area contributed by atoms with Crippen LogP contribution in [0.3, 0.4) is 0 Å². The molecule has 0 fully saturated rings. The normalized spacial score (nSPS) is 12.8. The number of nitrogens with zero attached hydrogens (tertiary/aromatic N) is 2. The van der Waals surface area contributed by atoms with Crippen LogP contribution in [0.2, 0.25) is 0 Å². The summed E-state index contributed by atoms with van der Waals surface area (Å²) < 4.78 is 30.5. The summed E-state index contributed by atoms with van der Waals surface area (Å²) >= 11 is -1.42. The summed E-state index contributed by atoms with van der Waals surface area (Å²) in [6.07, 6.45) is 2.82. The number of hydrogen-bond donors (Lipinski definition) is 2. The first-order valence-electron chi connectivity index (χ1n) is 8.41. The SMILES string of the molecule is CC(C)(C)N[S+]([O-])c1ccccc1-c1ccc(-c2cnc(N)cn2)c(F)c1. The van der Waals surface area contributed by atoms with Crippen molar-refractivity contribution < 1.29 is 8.94 Å². The Balaban J connectivity index is 1.98. The van der Waals surface area contributed by atoms with Crippen LogP contribution in [0.15, 0.2) is 59.8 Å². The van der Waals surface area contributed by atoms with Crippen molar-refractivity contribution in [2.24, 2.45) is 0 Å². The van der Waals surface area contributed by atoms with Crippen molar-refractivity contribution in [3.8, 4) is 22.4 Å². The fourth-order valence-corrected chi connectivity index (χ4v) is 3.82. The molecule has 2 aromatic carbocycles. The molecule has 1 heterocycles. The largest absolute Gasteiger partial charge is 0.593 e. The molecule has 3 rings (SSSR count). The zero-order chi connectivity index (χ0) is 19.6. The van der Waals surface area contributed by atoms with Gasteiger partial charge < -0.3 is 10.3 Å². The summed E-state index contributed by atoms with van der Waals surface area (Å²) in [6.45, 7) is 5.82. The highest BCUT2D eigenvalue weighted by Gasteiger charge is 2.24. The molecule has 3 aromatic rings. The number of nitrogen functional groups attached to an aromatic ring is 1. The minimum absolute atomic E-state index is 0.276. The van der Waals surface area contributed by atoms with Gasteiger partial charge in [0.1, 0.15) is 11.6 Å². The maximum Gasteiger partial charge on any atom is 0.181 e. The van der Waals surface area contributed by atoms with Crippen LogP contribution < -0.4 is 10.5 Å². The zero-order valence-corrected chi connectivity index (χ0v) is 16.2. The molecule has 3 N–H and O–H groups in total. The predicted octanol–water partition coefficient (Wildman–Crippen LogP) is 3.94. The molecule has 1 atom stereocenters. The van der Waals surface area contributed by atoms with Crippen molar-refractivity contribution >= 4 is 17.2 Å². The van der Waals surface area contributed by atoms with E-state index >= 15 is 0 Å². The lowest BCUT2D eigenvalue weighted by Gasteiger charge is -2.23. The third-order valence-corrected chi connectivity index (χ3v) is 5.27. The first-order chi connectivity index (χ1) is 12.7. The molecule has 1 aromatic heterocycles. The minimum Gasteiger partial charge on any atom is -0.593 e. The maximum atomic E-state index is 14.7. The fraction of sp³-hybridized carbons (Fsp3) is 0.200. The molecular weight excluding hydrogens is 363 g/mol. The van der Waals surface area contributed by atoms with Crippen LogP contribution in [-0.2, 0) is 11.4 Å². The lowest BCUT2D eigenvalue weighted by Crippen LogP contribution is -2.40. The van der Waals surface area contributed by atoms with Gasteiger partial charge in [0.15, 0.2) is 4.90 Å². The molecule has 0 aliphatic carbocycles. The van der Waals surface area contributed by atoms with Gasteiger partial charge in [0.2, 0.25) is 0 Å². The molecule has 0 aliphatic heterocycles. The highest BCUT2D eigenvalue weighted by Crippen LogP contribution is 2.31. The van der Waals surface area contributed by atoms with Crippen molar-refractivity contribution in [3.63, 3.8) is 0 Å². The number of rotatable bonds is 4. The zero-order valence-electron chi connectivity index (χ0n) is 15.4. The average Bonchev–Trinajstić information content (AvgIpc) is 2.61. The van der Waals surface area contributed by atoms with Gasteiger partial charge in [0.25, 0.3) is 0 Å². The fourth-order valence-electron chi connectivity index (χ4n) is 2.57. The highest BCUT2D eigenvalue weighted by atomic mass is 32.2. The van der Waals surface area contributed by atoms with E-state index in [1.807, 2.05) is 39.0 Å². The first kappa shape index (κ1) is 19.3. The van der Waals surface area contributed by atoms with E-state index in [-0.39, 0.29) is 11.4 Å². The van der Waals surface area contributed by atoms with E-state index in [1.165, 1.54) is 18.5 Å². The highest BCUT2D eigenvalue weighted by molar-refractivity contribution is 7.89. The maximum absolute atomic E-state index is 14.7. The van der Waals surface area contributed by atoms with Crippen LogP contribution in [-0.4, -0.2) is 20.1 Å². The van der Waals surface area contributed by atoms with Crippen LogP contribution in [0.5, 0.6) is 0 Å². The van der Waals surface area contributed by atoms with Gasteiger partial charge in [-0.1, -0.05) is 18.2 Å². The molecule has 5 nitrogen and oxygen atoms in total. The summed E-state index contributed by atoms with van der Waals surface area (Å²) in [5, 5.41) is 0. The van der Waals surface area contributed by atoms with Crippen molar-refractivity contribution in [2.75, 3.05) is 5.73 Å². The Morgan fingerprint density at radius 2 is 1.78 bits per heavy atom. The van der Waals surface area contributed by atoms with Crippen LogP contribution in [0.4, 0.5) is 10.2 Å². The molecule has 1 unspecified atom stereocenters. The van der Waals surface area contributed by atoms with Gasteiger partial charge in [0, 0.05) is 11.1 Å². The molecule has 0 saturated heterocycles. The first-order valence-corrected chi connectivity index (χ1v) is 9.56. The lowest BCUT2D eigenvalue weighted by atomic mass is 10.0. The summed E-state index contributed by atoms with van der Waals surface area (Å²) in [6, 6.07) is 12.1. The Morgan fingerprint density at radius 1 is 1.04 bits per heavy atom. The average molecular weight is 384 g/mol. The number of aromatic nitrogens is 2. The van der Waals surface area contributed by atoms with Gasteiger partial charge in [-0.2, -0.15) is 0 Å². The van der Waals surface area contributed by atoms with Crippen LogP contribution in [0.25, 0.3) is 22.4 Å². The number of nitrogens with one attached hydrogen (secondary N) is 1. The van der Waals surface area contributed by atoms with Gasteiger partial charge in [-0.3, -0.25) is 4.98 Å². The summed E-state index contributed by atoms with van der Waals surface area (Å²) in [7, 11) is 0. The van der Waals surface area contributed by atoms with E-state index in [0.717, 1.165) is 0 Å². The number of anilines is 1. The molecule has 27 heavy (non-hydrogen) atoms. The van der Waals surface area contributed by atoms with Crippen molar-refractivity contribution in [1.82, 2.24) is 14.7 Å². The van der Waals surface area contributed by atoms with Gasteiger partial charge in [-0.15, -0.1) is 4.72 Å².